The van der Waals surface area contributed by atoms with Crippen molar-refractivity contribution < 1.29 is 9.32 Å². The summed E-state index contributed by atoms with van der Waals surface area (Å²) in [4.78, 5) is 16.4. The van der Waals surface area contributed by atoms with E-state index in [9.17, 15) is 4.79 Å². The van der Waals surface area contributed by atoms with Gasteiger partial charge in [0.1, 0.15) is 0 Å². The van der Waals surface area contributed by atoms with Crippen LogP contribution in [0.3, 0.4) is 0 Å². The lowest BCUT2D eigenvalue weighted by molar-refractivity contribution is 0.252. The number of tetrazole rings is 1. The number of rotatable bonds is 7. The number of benzene rings is 1. The largest absolute Gasteiger partial charge is 0.339 e. The first-order chi connectivity index (χ1) is 13.0. The Morgan fingerprint density at radius 1 is 1.33 bits per heavy atom. The number of nitrogens with zero attached hydrogens (tertiary/aromatic N) is 6. The molecule has 0 saturated heterocycles. The summed E-state index contributed by atoms with van der Waals surface area (Å²) in [7, 11) is 1.76. The topological polar surface area (TPSA) is 124 Å². The van der Waals surface area contributed by atoms with E-state index in [-0.39, 0.29) is 11.9 Å². The molecule has 0 saturated carbocycles. The van der Waals surface area contributed by atoms with Gasteiger partial charge in [0, 0.05) is 37.2 Å². The molecular formula is C17H22N8O2. The minimum absolute atomic E-state index is 0.236. The monoisotopic (exact) mass is 370 g/mol. The standard InChI is InChI=1S/C17H22N8O2/c1-11(2)15-20-14(27-22-15)8-5-9-18-17(26)19-13-7-4-6-12(10-13)16-21-23-24-25(16)3/h4,6-7,10-11H,5,8-9H2,1-3H3,(H2,18,19,26). The molecular weight excluding hydrogens is 348 g/mol. The van der Waals surface area contributed by atoms with Gasteiger partial charge in [-0.3, -0.25) is 0 Å². The summed E-state index contributed by atoms with van der Waals surface area (Å²) in [6.07, 6.45) is 1.33. The number of carbonyl (C=O) groups excluding carboxylic acids is 1. The smallest absolute Gasteiger partial charge is 0.319 e. The van der Waals surface area contributed by atoms with Crippen LogP contribution in [0.4, 0.5) is 10.5 Å². The molecule has 1 aromatic carbocycles. The fourth-order valence-electron chi connectivity index (χ4n) is 2.43. The van der Waals surface area contributed by atoms with Crippen molar-refractivity contribution in [2.24, 2.45) is 7.05 Å². The molecule has 0 aliphatic carbocycles. The fraction of sp³-hybridized carbons (Fsp3) is 0.412. The van der Waals surface area contributed by atoms with Crippen molar-refractivity contribution in [3.63, 3.8) is 0 Å². The first kappa shape index (κ1) is 18.5. The maximum atomic E-state index is 12.1. The van der Waals surface area contributed by atoms with Crippen LogP contribution in [0.25, 0.3) is 11.4 Å². The number of carbonyl (C=O) groups is 1. The molecule has 0 radical (unpaired) electrons. The quantitative estimate of drug-likeness (QED) is 0.611. The third-order valence-electron chi connectivity index (χ3n) is 3.85. The van der Waals surface area contributed by atoms with Crippen LogP contribution < -0.4 is 10.6 Å². The van der Waals surface area contributed by atoms with Crippen molar-refractivity contribution in [3.8, 4) is 11.4 Å². The number of hydrogen-bond acceptors (Lipinski definition) is 7. The fourth-order valence-corrected chi connectivity index (χ4v) is 2.43. The second kappa shape index (κ2) is 8.39. The second-order valence-electron chi connectivity index (χ2n) is 6.39. The predicted molar refractivity (Wildman–Crippen MR) is 98.0 cm³/mol. The Morgan fingerprint density at radius 3 is 2.89 bits per heavy atom. The zero-order chi connectivity index (χ0) is 19.2. The van der Waals surface area contributed by atoms with Gasteiger partial charge < -0.3 is 15.2 Å². The Bertz CT molecular complexity index is 902. The molecule has 0 spiro atoms. The molecule has 2 amide bonds. The first-order valence-corrected chi connectivity index (χ1v) is 8.73. The van der Waals surface area contributed by atoms with Crippen molar-refractivity contribution >= 4 is 11.7 Å². The van der Waals surface area contributed by atoms with Crippen LogP contribution in [0.2, 0.25) is 0 Å². The highest BCUT2D eigenvalue weighted by Crippen LogP contribution is 2.19. The van der Waals surface area contributed by atoms with Crippen LogP contribution in [-0.2, 0) is 13.5 Å². The zero-order valence-electron chi connectivity index (χ0n) is 15.5. The lowest BCUT2D eigenvalue weighted by Gasteiger charge is -2.08. The molecule has 3 aromatic rings. The molecule has 0 unspecified atom stereocenters. The van der Waals surface area contributed by atoms with E-state index < -0.39 is 0 Å². The number of hydrogen-bond donors (Lipinski definition) is 2. The molecule has 0 fully saturated rings. The highest BCUT2D eigenvalue weighted by molar-refractivity contribution is 5.89. The van der Waals surface area contributed by atoms with Crippen molar-refractivity contribution in [2.45, 2.75) is 32.6 Å². The van der Waals surface area contributed by atoms with E-state index in [4.69, 9.17) is 4.52 Å². The van der Waals surface area contributed by atoms with Gasteiger partial charge in [-0.15, -0.1) is 5.10 Å². The van der Waals surface area contributed by atoms with E-state index in [1.165, 1.54) is 0 Å². The molecule has 2 aromatic heterocycles. The Labute approximate surface area is 156 Å². The number of anilines is 1. The summed E-state index contributed by atoms with van der Waals surface area (Å²) >= 11 is 0. The molecule has 3 rings (SSSR count). The van der Waals surface area contributed by atoms with Gasteiger partial charge in [-0.1, -0.05) is 31.1 Å². The molecule has 0 atom stereocenters. The Kier molecular flexibility index (Phi) is 5.74. The number of aryl methyl sites for hydroxylation is 2. The van der Waals surface area contributed by atoms with Gasteiger partial charge in [0.2, 0.25) is 5.89 Å². The number of urea groups is 1. The lowest BCUT2D eigenvalue weighted by Crippen LogP contribution is -2.29. The summed E-state index contributed by atoms with van der Waals surface area (Å²) in [5, 5.41) is 20.9. The second-order valence-corrected chi connectivity index (χ2v) is 6.39. The van der Waals surface area contributed by atoms with Gasteiger partial charge in [0.25, 0.3) is 0 Å². The van der Waals surface area contributed by atoms with E-state index in [2.05, 4.69) is 36.3 Å². The third kappa shape index (κ3) is 4.87. The summed E-state index contributed by atoms with van der Waals surface area (Å²) in [5.41, 5.74) is 1.48. The van der Waals surface area contributed by atoms with Crippen LogP contribution in [0.15, 0.2) is 28.8 Å². The predicted octanol–water partition coefficient (Wildman–Crippen LogP) is 2.14. The van der Waals surface area contributed by atoms with Crippen LogP contribution in [0, 0.1) is 0 Å². The summed E-state index contributed by atoms with van der Waals surface area (Å²) in [6.45, 7) is 4.52. The molecule has 10 nitrogen and oxygen atoms in total. The maximum Gasteiger partial charge on any atom is 0.319 e. The van der Waals surface area contributed by atoms with Crippen LogP contribution in [0.5, 0.6) is 0 Å². The third-order valence-corrected chi connectivity index (χ3v) is 3.85. The molecule has 2 heterocycles. The summed E-state index contributed by atoms with van der Waals surface area (Å²) in [5.74, 6) is 2.15. The normalized spacial score (nSPS) is 11.0. The average Bonchev–Trinajstić information content (AvgIpc) is 3.28. The number of nitrogens with one attached hydrogen (secondary N) is 2. The number of amides is 2. The molecule has 2 N–H and O–H groups in total. The Balaban J connectivity index is 1.46. The van der Waals surface area contributed by atoms with Gasteiger partial charge in [0.05, 0.1) is 0 Å². The van der Waals surface area contributed by atoms with E-state index in [1.54, 1.807) is 17.8 Å². The first-order valence-electron chi connectivity index (χ1n) is 8.73. The summed E-state index contributed by atoms with van der Waals surface area (Å²) in [6, 6.07) is 7.05. The maximum absolute atomic E-state index is 12.1. The molecule has 10 heteroatoms. The van der Waals surface area contributed by atoms with Crippen molar-refractivity contribution in [1.29, 1.82) is 0 Å². The molecule has 0 aliphatic heterocycles. The Hall–Kier alpha value is -3.30. The van der Waals surface area contributed by atoms with Gasteiger partial charge in [0.15, 0.2) is 11.6 Å². The summed E-state index contributed by atoms with van der Waals surface area (Å²) < 4.78 is 6.75. The lowest BCUT2D eigenvalue weighted by atomic mass is 10.2. The van der Waals surface area contributed by atoms with Crippen molar-refractivity contribution in [2.75, 3.05) is 11.9 Å². The van der Waals surface area contributed by atoms with E-state index in [1.807, 2.05) is 32.0 Å². The minimum Gasteiger partial charge on any atom is -0.339 e. The SMILES string of the molecule is CC(C)c1noc(CCCNC(=O)Nc2cccc(-c3nnnn3C)c2)n1. The van der Waals surface area contributed by atoms with Crippen LogP contribution >= 0.6 is 0 Å². The van der Waals surface area contributed by atoms with Gasteiger partial charge >= 0.3 is 6.03 Å². The highest BCUT2D eigenvalue weighted by atomic mass is 16.5. The highest BCUT2D eigenvalue weighted by Gasteiger charge is 2.10. The number of aromatic nitrogens is 6. The van der Waals surface area contributed by atoms with E-state index in [0.717, 1.165) is 5.56 Å². The molecule has 0 aliphatic rings. The van der Waals surface area contributed by atoms with E-state index in [0.29, 0.717) is 42.6 Å². The molecule has 142 valence electrons. The van der Waals surface area contributed by atoms with Crippen LogP contribution in [-0.4, -0.2) is 42.9 Å². The van der Waals surface area contributed by atoms with Crippen molar-refractivity contribution in [3.05, 3.63) is 36.0 Å². The zero-order valence-corrected chi connectivity index (χ0v) is 15.5. The van der Waals surface area contributed by atoms with Gasteiger partial charge in [-0.05, 0) is 29.0 Å². The minimum atomic E-state index is -0.281. The average molecular weight is 370 g/mol. The Morgan fingerprint density at radius 2 is 2.19 bits per heavy atom. The van der Waals surface area contributed by atoms with Gasteiger partial charge in [-0.25, -0.2) is 9.48 Å². The van der Waals surface area contributed by atoms with Crippen LogP contribution in [0.1, 0.15) is 37.9 Å². The van der Waals surface area contributed by atoms with Crippen molar-refractivity contribution in [1.82, 2.24) is 35.7 Å². The molecule has 0 bridgehead atoms. The molecule has 27 heavy (non-hydrogen) atoms. The van der Waals surface area contributed by atoms with E-state index >= 15 is 0 Å². The van der Waals surface area contributed by atoms with Gasteiger partial charge in [-0.2, -0.15) is 4.98 Å².